The molecule has 1 saturated heterocycles. The number of H-pyrrole nitrogens is 1. The molecule has 1 N–H and O–H groups in total. The molecule has 0 amide bonds. The smallest absolute Gasteiger partial charge is 0.266 e. The van der Waals surface area contributed by atoms with Gasteiger partial charge < -0.3 is 4.90 Å². The third-order valence-electron chi connectivity index (χ3n) is 5.71. The van der Waals surface area contributed by atoms with Gasteiger partial charge in [-0.3, -0.25) is 5.10 Å². The topological polar surface area (TPSA) is 62.1 Å². The summed E-state index contributed by atoms with van der Waals surface area (Å²) in [6, 6.07) is 9.71. The molecular weight excluding hydrogens is 362 g/mol. The van der Waals surface area contributed by atoms with Gasteiger partial charge in [-0.25, -0.2) is 18.3 Å². The van der Waals surface area contributed by atoms with Crippen molar-refractivity contribution in [1.29, 1.82) is 0 Å². The van der Waals surface area contributed by atoms with Gasteiger partial charge in [-0.2, -0.15) is 5.10 Å². The molecule has 0 bridgehead atoms. The Bertz CT molecular complexity index is 1210. The molecule has 8 heteroatoms. The number of rotatable bonds is 3. The van der Waals surface area contributed by atoms with Gasteiger partial charge in [-0.05, 0) is 37.1 Å². The molecule has 6 rings (SSSR count). The van der Waals surface area contributed by atoms with Crippen molar-refractivity contribution < 1.29 is 8.78 Å². The number of fused-ring (bicyclic) bond motifs is 2. The number of benzene rings is 1. The molecule has 0 atom stereocenters. The number of hydrogen-bond donors (Lipinski definition) is 1. The monoisotopic (exact) mass is 380 g/mol. The molecule has 142 valence electrons. The molecule has 2 fully saturated rings. The summed E-state index contributed by atoms with van der Waals surface area (Å²) in [5.41, 5.74) is 4.66. The maximum atomic E-state index is 13.6. The summed E-state index contributed by atoms with van der Waals surface area (Å²) in [5, 5.41) is 13.3. The van der Waals surface area contributed by atoms with E-state index in [1.165, 1.54) is 18.5 Å². The lowest BCUT2D eigenvalue weighted by Crippen LogP contribution is -2.26. The van der Waals surface area contributed by atoms with E-state index in [1.54, 1.807) is 21.7 Å². The van der Waals surface area contributed by atoms with Crippen LogP contribution in [0.4, 0.5) is 14.6 Å². The highest BCUT2D eigenvalue weighted by Gasteiger charge is 2.39. The van der Waals surface area contributed by atoms with Crippen LogP contribution >= 0.6 is 0 Å². The van der Waals surface area contributed by atoms with Gasteiger partial charge in [-0.1, -0.05) is 6.07 Å². The van der Waals surface area contributed by atoms with Crippen LogP contribution in [0.3, 0.4) is 0 Å². The number of halogens is 2. The summed E-state index contributed by atoms with van der Waals surface area (Å²) in [4.78, 5) is 6.07. The Morgan fingerprint density at radius 2 is 2.04 bits per heavy atom. The van der Waals surface area contributed by atoms with Gasteiger partial charge in [0.05, 0.1) is 24.0 Å². The highest BCUT2D eigenvalue weighted by atomic mass is 19.3. The van der Waals surface area contributed by atoms with Gasteiger partial charge >= 0.3 is 0 Å². The molecule has 28 heavy (non-hydrogen) atoms. The first kappa shape index (κ1) is 16.0. The van der Waals surface area contributed by atoms with E-state index in [0.29, 0.717) is 23.9 Å². The molecule has 6 nitrogen and oxygen atoms in total. The van der Waals surface area contributed by atoms with Gasteiger partial charge in [-0.15, -0.1) is 5.10 Å². The molecule has 1 saturated carbocycles. The van der Waals surface area contributed by atoms with E-state index in [9.17, 15) is 8.78 Å². The van der Waals surface area contributed by atoms with E-state index in [1.807, 2.05) is 18.2 Å². The van der Waals surface area contributed by atoms with E-state index in [0.717, 1.165) is 22.2 Å². The fourth-order valence-corrected chi connectivity index (χ4v) is 4.03. The van der Waals surface area contributed by atoms with E-state index >= 15 is 0 Å². The predicted molar refractivity (Wildman–Crippen MR) is 102 cm³/mol. The first-order valence-corrected chi connectivity index (χ1v) is 9.53. The largest absolute Gasteiger partial charge is 0.349 e. The quantitative estimate of drug-likeness (QED) is 0.584. The number of alkyl halides is 2. The Hall–Kier alpha value is -3.03. The number of nitrogens with zero attached hydrogens (tertiary/aromatic N) is 5. The minimum atomic E-state index is -2.65. The fourth-order valence-electron chi connectivity index (χ4n) is 4.03. The number of hydrogen-bond acceptors (Lipinski definition) is 4. The molecule has 1 aliphatic heterocycles. The van der Waals surface area contributed by atoms with Gasteiger partial charge in [0.15, 0.2) is 5.65 Å². The second-order valence-corrected chi connectivity index (χ2v) is 7.78. The van der Waals surface area contributed by atoms with Crippen LogP contribution in [0.1, 0.15) is 30.9 Å². The van der Waals surface area contributed by atoms with Crippen LogP contribution in [0.15, 0.2) is 36.5 Å². The zero-order valence-corrected chi connectivity index (χ0v) is 15.1. The van der Waals surface area contributed by atoms with Crippen LogP contribution < -0.4 is 4.90 Å². The highest BCUT2D eigenvalue weighted by Crippen LogP contribution is 2.42. The van der Waals surface area contributed by atoms with Crippen molar-refractivity contribution in [2.45, 2.75) is 31.1 Å². The first-order chi connectivity index (χ1) is 13.6. The predicted octanol–water partition coefficient (Wildman–Crippen LogP) is 4.00. The van der Waals surface area contributed by atoms with Crippen molar-refractivity contribution in [2.75, 3.05) is 18.0 Å². The molecule has 1 aromatic carbocycles. The average Bonchev–Trinajstić information content (AvgIpc) is 3.14. The van der Waals surface area contributed by atoms with Gasteiger partial charge in [0.1, 0.15) is 5.82 Å². The lowest BCUT2D eigenvalue weighted by molar-refractivity contribution is 0.0256. The van der Waals surface area contributed by atoms with E-state index in [4.69, 9.17) is 0 Å². The highest BCUT2D eigenvalue weighted by molar-refractivity contribution is 5.87. The first-order valence-electron chi connectivity index (χ1n) is 9.53. The molecule has 1 aliphatic carbocycles. The van der Waals surface area contributed by atoms with Gasteiger partial charge in [0, 0.05) is 35.5 Å². The molecule has 0 spiro atoms. The van der Waals surface area contributed by atoms with Crippen molar-refractivity contribution in [3.63, 3.8) is 0 Å². The lowest BCUT2D eigenvalue weighted by atomic mass is 10.1. The van der Waals surface area contributed by atoms with Crippen LogP contribution in [0.25, 0.3) is 27.8 Å². The van der Waals surface area contributed by atoms with Crippen LogP contribution in [-0.4, -0.2) is 43.8 Å². The molecule has 4 heterocycles. The number of aromatic amines is 1. The van der Waals surface area contributed by atoms with E-state index < -0.39 is 5.92 Å². The second-order valence-electron chi connectivity index (χ2n) is 7.78. The number of nitrogens with one attached hydrogen (secondary N) is 1. The van der Waals surface area contributed by atoms with Crippen molar-refractivity contribution in [1.82, 2.24) is 24.8 Å². The second kappa shape index (κ2) is 5.50. The molecule has 0 radical (unpaired) electrons. The summed E-state index contributed by atoms with van der Waals surface area (Å²) in [7, 11) is 0. The summed E-state index contributed by atoms with van der Waals surface area (Å²) in [6.45, 7) is 0.0164. The van der Waals surface area contributed by atoms with Crippen LogP contribution in [0.5, 0.6) is 0 Å². The Balaban J connectivity index is 1.45. The van der Waals surface area contributed by atoms with Crippen molar-refractivity contribution in [3.05, 3.63) is 42.2 Å². The van der Waals surface area contributed by atoms with Crippen molar-refractivity contribution in [3.8, 4) is 11.3 Å². The Morgan fingerprint density at radius 3 is 2.82 bits per heavy atom. The Morgan fingerprint density at radius 1 is 1.14 bits per heavy atom. The fraction of sp³-hybridized carbons (Fsp3) is 0.350. The minimum absolute atomic E-state index is 0.134. The van der Waals surface area contributed by atoms with Crippen LogP contribution in [-0.2, 0) is 0 Å². The number of imidazole rings is 1. The van der Waals surface area contributed by atoms with Gasteiger partial charge in [0.2, 0.25) is 0 Å². The number of aromatic nitrogens is 5. The minimum Gasteiger partial charge on any atom is -0.349 e. The zero-order chi connectivity index (χ0) is 18.9. The molecular formula is C20H18F2N6. The summed E-state index contributed by atoms with van der Waals surface area (Å²) in [6.07, 6.45) is 4.04. The van der Waals surface area contributed by atoms with Crippen LogP contribution in [0.2, 0.25) is 0 Å². The van der Waals surface area contributed by atoms with Gasteiger partial charge in [0.25, 0.3) is 5.92 Å². The van der Waals surface area contributed by atoms with Crippen LogP contribution in [0, 0.1) is 0 Å². The van der Waals surface area contributed by atoms with E-state index in [-0.39, 0.29) is 13.0 Å². The summed E-state index contributed by atoms with van der Waals surface area (Å²) in [5.74, 6) is -1.53. The SMILES string of the molecule is FC1(F)CCN(c2ccc3ncc(-c4ccc5n[nH]c(C6CC6)c5c4)n3n2)C1. The van der Waals surface area contributed by atoms with Crippen molar-refractivity contribution >= 4 is 22.4 Å². The molecule has 3 aromatic heterocycles. The molecule has 0 unspecified atom stereocenters. The third kappa shape index (κ3) is 2.47. The summed E-state index contributed by atoms with van der Waals surface area (Å²) >= 11 is 0. The Kier molecular flexibility index (Phi) is 3.14. The maximum Gasteiger partial charge on any atom is 0.266 e. The lowest BCUT2D eigenvalue weighted by Gasteiger charge is -2.17. The standard InChI is InChI=1S/C20H18F2N6/c21-20(22)7-8-27(11-20)18-6-5-17-23-10-16(28(17)26-18)13-3-4-15-14(9-13)19(25-24-15)12-1-2-12/h3-6,9-10,12H,1-2,7-8,11H2,(H,24,25). The normalized spacial score (nSPS) is 19.1. The maximum absolute atomic E-state index is 13.6. The van der Waals surface area contributed by atoms with E-state index in [2.05, 4.69) is 26.3 Å². The molecule has 4 aromatic rings. The third-order valence-corrected chi connectivity index (χ3v) is 5.71. The van der Waals surface area contributed by atoms with Crippen molar-refractivity contribution in [2.24, 2.45) is 0 Å². The zero-order valence-electron chi connectivity index (χ0n) is 15.1. The Labute approximate surface area is 159 Å². The molecule has 2 aliphatic rings. The number of anilines is 1. The average molecular weight is 380 g/mol. The summed E-state index contributed by atoms with van der Waals surface area (Å²) < 4.78 is 29.0.